The number of hydrogen-bond donors (Lipinski definition) is 3. The van der Waals surface area contributed by atoms with E-state index in [-0.39, 0.29) is 75.9 Å². The first-order valence-electron chi connectivity index (χ1n) is 21.7. The molecule has 0 heterocycles. The summed E-state index contributed by atoms with van der Waals surface area (Å²) in [5.41, 5.74) is 9.19. The average molecular weight is 853 g/mol. The number of ketones is 1. The molecule has 0 bridgehead atoms. The number of hydroxylamine groups is 1. The molecule has 0 aromatic heterocycles. The molecule has 4 unspecified atom stereocenters. The van der Waals surface area contributed by atoms with Gasteiger partial charge in [-0.3, -0.25) is 14.4 Å². The molecular weight excluding hydrogens is 765 g/mol. The number of rotatable bonds is 25. The maximum absolute atomic E-state index is 13.0. The maximum atomic E-state index is 13.0. The highest BCUT2D eigenvalue weighted by Crippen LogP contribution is 2.42. The fourth-order valence-electron chi connectivity index (χ4n) is 7.04. The number of carbonyl (C=O) groups excluding carboxylic acids is 3. The number of hydrogen-bond acceptors (Lipinski definition) is 8. The van der Waals surface area contributed by atoms with Crippen molar-refractivity contribution in [2.45, 2.75) is 190 Å². The SMILES string of the molecule is CC/C=C\C(C)[C@H](OC(N)=O)[C@@H](C)[C@H](O[Si](C)(C)C(C)(C)C)[C@@H](C)C/C(C)=C\[C@H](C)[C@@H](O[Si](C)(C)C(C)(C)C)C(C)/C=C\C(O)CC(=O)[C@H](C)CC(C)C(=O)NOC. The molecule has 0 spiro atoms. The van der Waals surface area contributed by atoms with Crippen LogP contribution >= 0.6 is 0 Å². The maximum Gasteiger partial charge on any atom is 0.404 e. The van der Waals surface area contributed by atoms with E-state index in [1.54, 1.807) is 19.9 Å². The standard InChI is InChI=1S/C46H88N2O8Si2/c1-21-22-23-31(3)41(54-44(47)52)37(9)42(56-58(19,20)46(13,14)15)35(7)27-30(2)26-34(6)40(55-57(17,18)45(10,11)12)32(4)24-25-38(49)29-39(50)33(5)28-36(8)43(51)48-53-16/h22-26,31-38,40-42,49H,21,27-29H2,1-20H3,(H2,47,52)(H,48,51)/b23-22-,25-24-,30-26-/t31?,32?,33-,34+,35+,36?,37-,38?,40+,41+,42-/m1/s1. The monoisotopic (exact) mass is 853 g/mol. The van der Waals surface area contributed by atoms with Crippen molar-refractivity contribution in [3.8, 4) is 0 Å². The van der Waals surface area contributed by atoms with Gasteiger partial charge in [0.05, 0.1) is 25.4 Å². The number of nitrogens with two attached hydrogens (primary N) is 1. The number of aliphatic hydroxyl groups is 1. The Hall–Kier alpha value is -2.10. The van der Waals surface area contributed by atoms with E-state index in [0.29, 0.717) is 6.42 Å². The molecule has 0 aromatic carbocycles. The van der Waals surface area contributed by atoms with Gasteiger partial charge in [-0.05, 0) is 80.2 Å². The predicted octanol–water partition coefficient (Wildman–Crippen LogP) is 10.9. The van der Waals surface area contributed by atoms with Gasteiger partial charge in [-0.1, -0.05) is 133 Å². The highest BCUT2D eigenvalue weighted by Gasteiger charge is 2.44. The van der Waals surface area contributed by atoms with Crippen molar-refractivity contribution in [1.82, 2.24) is 5.48 Å². The summed E-state index contributed by atoms with van der Waals surface area (Å²) in [5, 5.41) is 10.9. The van der Waals surface area contributed by atoms with Crippen molar-refractivity contribution in [3.05, 3.63) is 36.0 Å². The number of carbonyl (C=O) groups is 3. The minimum absolute atomic E-state index is 0.0154. The van der Waals surface area contributed by atoms with Gasteiger partial charge in [0.2, 0.25) is 5.91 Å². The third kappa shape index (κ3) is 18.7. The Morgan fingerprint density at radius 1 is 0.741 bits per heavy atom. The molecule has 0 radical (unpaired) electrons. The lowest BCUT2D eigenvalue weighted by Crippen LogP contribution is -2.50. The highest BCUT2D eigenvalue weighted by molar-refractivity contribution is 6.74. The number of amides is 2. The summed E-state index contributed by atoms with van der Waals surface area (Å²) < 4.78 is 20.2. The Bertz CT molecular complexity index is 1370. The van der Waals surface area contributed by atoms with Crippen LogP contribution in [0.1, 0.15) is 130 Å². The van der Waals surface area contributed by atoms with E-state index < -0.39 is 40.9 Å². The number of allylic oxidation sites excluding steroid dienone is 2. The molecule has 2 amide bonds. The van der Waals surface area contributed by atoms with E-state index in [9.17, 15) is 19.5 Å². The smallest absolute Gasteiger partial charge is 0.404 e. The van der Waals surface area contributed by atoms with Gasteiger partial charge in [0, 0.05) is 30.1 Å². The Balaban J connectivity index is 6.62. The van der Waals surface area contributed by atoms with Crippen LogP contribution in [0.3, 0.4) is 0 Å². The molecule has 0 saturated heterocycles. The van der Waals surface area contributed by atoms with E-state index in [1.807, 2.05) is 6.08 Å². The van der Waals surface area contributed by atoms with Gasteiger partial charge in [0.25, 0.3) is 0 Å². The minimum atomic E-state index is -2.25. The molecule has 4 N–H and O–H groups in total. The lowest BCUT2D eigenvalue weighted by Gasteiger charge is -2.45. The fraction of sp³-hybridized carbons (Fsp3) is 0.804. The molecule has 0 aliphatic heterocycles. The molecule has 0 aromatic rings. The van der Waals surface area contributed by atoms with Crippen LogP contribution in [0.25, 0.3) is 0 Å². The average Bonchev–Trinajstić information content (AvgIpc) is 3.08. The van der Waals surface area contributed by atoms with E-state index in [0.717, 1.165) is 12.8 Å². The molecule has 0 fully saturated rings. The zero-order valence-corrected chi connectivity index (χ0v) is 42.4. The Morgan fingerprint density at radius 2 is 1.24 bits per heavy atom. The second-order valence-corrected chi connectivity index (χ2v) is 29.9. The minimum Gasteiger partial charge on any atom is -0.445 e. The van der Waals surface area contributed by atoms with Crippen LogP contribution in [0.2, 0.25) is 36.3 Å². The van der Waals surface area contributed by atoms with Crippen molar-refractivity contribution in [1.29, 1.82) is 0 Å². The highest BCUT2D eigenvalue weighted by atomic mass is 28.4. The molecule has 0 rings (SSSR count). The summed E-state index contributed by atoms with van der Waals surface area (Å²) in [6.07, 6.45) is 9.67. The van der Waals surface area contributed by atoms with Crippen LogP contribution in [0.5, 0.6) is 0 Å². The van der Waals surface area contributed by atoms with Crippen LogP contribution < -0.4 is 11.2 Å². The third-order valence-electron chi connectivity index (χ3n) is 12.7. The molecule has 0 aliphatic rings. The molecule has 12 heteroatoms. The topological polar surface area (TPSA) is 146 Å². The molecule has 58 heavy (non-hydrogen) atoms. The third-order valence-corrected chi connectivity index (χ3v) is 21.6. The number of aliphatic hydroxyl groups excluding tert-OH is 1. The summed E-state index contributed by atoms with van der Waals surface area (Å²) >= 11 is 0. The first kappa shape index (κ1) is 55.9. The van der Waals surface area contributed by atoms with Gasteiger partial charge >= 0.3 is 6.09 Å². The van der Waals surface area contributed by atoms with E-state index in [4.69, 9.17) is 24.2 Å². The Morgan fingerprint density at radius 3 is 1.71 bits per heavy atom. The van der Waals surface area contributed by atoms with Crippen LogP contribution in [-0.2, 0) is 28.0 Å². The number of nitrogens with one attached hydrogen (secondary N) is 1. The molecule has 0 aliphatic carbocycles. The van der Waals surface area contributed by atoms with E-state index in [2.05, 4.69) is 140 Å². The zero-order valence-electron chi connectivity index (χ0n) is 40.4. The second-order valence-electron chi connectivity index (χ2n) is 20.4. The van der Waals surface area contributed by atoms with Crippen LogP contribution in [0, 0.1) is 41.4 Å². The van der Waals surface area contributed by atoms with Gasteiger partial charge in [-0.2, -0.15) is 0 Å². The Kier molecular flexibility index (Phi) is 23.5. The van der Waals surface area contributed by atoms with Crippen molar-refractivity contribution >= 4 is 34.4 Å². The van der Waals surface area contributed by atoms with Gasteiger partial charge in [-0.25, -0.2) is 10.3 Å². The van der Waals surface area contributed by atoms with Crippen LogP contribution in [0.15, 0.2) is 36.0 Å². The van der Waals surface area contributed by atoms with Crippen molar-refractivity contribution < 1.29 is 37.9 Å². The molecule has 338 valence electrons. The predicted molar refractivity (Wildman–Crippen MR) is 245 cm³/mol. The van der Waals surface area contributed by atoms with Crippen LogP contribution in [-0.4, -0.2) is 71.1 Å². The summed E-state index contributed by atoms with van der Waals surface area (Å²) in [6, 6.07) is 0. The van der Waals surface area contributed by atoms with Gasteiger partial charge in [0.1, 0.15) is 11.9 Å². The molecule has 11 atom stereocenters. The quantitative estimate of drug-likeness (QED) is 0.0467. The number of primary amides is 1. The van der Waals surface area contributed by atoms with E-state index in [1.165, 1.54) is 12.7 Å². The molecule has 0 saturated carbocycles. The number of Topliss-reactive ketones (excluding diaryl/α,β-unsaturated/α-hetero) is 1. The van der Waals surface area contributed by atoms with Crippen molar-refractivity contribution in [3.63, 3.8) is 0 Å². The lowest BCUT2D eigenvalue weighted by atomic mass is 9.81. The Labute approximate surface area is 357 Å². The van der Waals surface area contributed by atoms with Gasteiger partial charge in [0.15, 0.2) is 16.6 Å². The first-order chi connectivity index (χ1) is 26.3. The first-order valence-corrected chi connectivity index (χ1v) is 27.5. The summed E-state index contributed by atoms with van der Waals surface area (Å²) in [5.74, 6) is -1.27. The zero-order chi connectivity index (χ0) is 45.6. The van der Waals surface area contributed by atoms with Crippen molar-refractivity contribution in [2.75, 3.05) is 7.11 Å². The van der Waals surface area contributed by atoms with Crippen LogP contribution in [0.4, 0.5) is 4.79 Å². The normalized spacial score (nSPS) is 19.4. The second kappa shape index (κ2) is 24.4. The fourth-order valence-corrected chi connectivity index (χ4v) is 9.98. The summed E-state index contributed by atoms with van der Waals surface area (Å²) in [4.78, 5) is 42.1. The number of ether oxygens (including phenoxy) is 1. The molecule has 10 nitrogen and oxygen atoms in total. The van der Waals surface area contributed by atoms with E-state index >= 15 is 0 Å². The van der Waals surface area contributed by atoms with Gasteiger partial charge in [-0.15, -0.1) is 0 Å². The van der Waals surface area contributed by atoms with Gasteiger partial charge < -0.3 is 24.4 Å². The largest absolute Gasteiger partial charge is 0.445 e. The summed E-state index contributed by atoms with van der Waals surface area (Å²) in [6.45, 7) is 41.0. The van der Waals surface area contributed by atoms with Crippen molar-refractivity contribution in [2.24, 2.45) is 47.2 Å². The molecular formula is C46H88N2O8Si2. The summed E-state index contributed by atoms with van der Waals surface area (Å²) in [7, 11) is -3.09. The lowest BCUT2D eigenvalue weighted by molar-refractivity contribution is -0.136.